The quantitative estimate of drug-likeness (QED) is 0.660. The molecule has 28 heavy (non-hydrogen) atoms. The predicted molar refractivity (Wildman–Crippen MR) is 115 cm³/mol. The average molecular weight is 420 g/mol. The van der Waals surface area contributed by atoms with Crippen LogP contribution < -0.4 is 10.6 Å². The number of hydrogen-bond acceptors (Lipinski definition) is 4. The number of amides is 2. The third kappa shape index (κ3) is 5.80. The second kappa shape index (κ2) is 10.0. The first-order valence-electron chi connectivity index (χ1n) is 9.71. The molecule has 0 aliphatic heterocycles. The Hall–Kier alpha value is -1.89. The molecule has 150 valence electrons. The van der Waals surface area contributed by atoms with Crippen LogP contribution in [0.5, 0.6) is 0 Å². The minimum atomic E-state index is -0.134. The van der Waals surface area contributed by atoms with E-state index in [1.165, 1.54) is 11.3 Å². The molecular weight excluding hydrogens is 394 g/mol. The van der Waals surface area contributed by atoms with Gasteiger partial charge in [0.1, 0.15) is 0 Å². The summed E-state index contributed by atoms with van der Waals surface area (Å²) in [4.78, 5) is 28.4. The summed E-state index contributed by atoms with van der Waals surface area (Å²) in [5.74, 6) is -0.256. The summed E-state index contributed by atoms with van der Waals surface area (Å²) in [6, 6.07) is 11.3. The highest BCUT2D eigenvalue weighted by Gasteiger charge is 2.20. The largest absolute Gasteiger partial charge is 0.349 e. The molecular formula is C21H26ClN3O2S. The van der Waals surface area contributed by atoms with Crippen molar-refractivity contribution in [2.75, 3.05) is 18.4 Å². The van der Waals surface area contributed by atoms with Crippen molar-refractivity contribution in [3.05, 3.63) is 51.2 Å². The monoisotopic (exact) mass is 419 g/mol. The number of carbonyl (C=O) groups excluding carboxylic acids is 2. The molecule has 2 aromatic rings. The summed E-state index contributed by atoms with van der Waals surface area (Å²) in [5.41, 5.74) is 1.06. The number of benzene rings is 1. The van der Waals surface area contributed by atoms with Crippen LogP contribution in [0.4, 0.5) is 5.69 Å². The fourth-order valence-electron chi connectivity index (χ4n) is 3.45. The van der Waals surface area contributed by atoms with Crippen molar-refractivity contribution in [2.24, 2.45) is 0 Å². The standard InChI is InChI=1S/C21H26ClN3O2S/c1-2-25(13-16-11-12-19(22)28-16)14-20(26)24-18-10-6-5-9-17(18)21(27)23-15-7-3-4-8-15/h5-6,9-12,15H,2-4,7-8,13-14H2,1H3,(H,23,27)(H,24,26). The van der Waals surface area contributed by atoms with Crippen molar-refractivity contribution in [2.45, 2.75) is 45.2 Å². The molecule has 0 saturated heterocycles. The summed E-state index contributed by atoms with van der Waals surface area (Å²) in [6.45, 7) is 3.69. The first-order chi connectivity index (χ1) is 13.5. The van der Waals surface area contributed by atoms with E-state index in [-0.39, 0.29) is 24.4 Å². The Labute approximate surface area is 175 Å². The lowest BCUT2D eigenvalue weighted by atomic mass is 10.1. The molecule has 1 aromatic heterocycles. The van der Waals surface area contributed by atoms with Crippen molar-refractivity contribution < 1.29 is 9.59 Å². The van der Waals surface area contributed by atoms with Crippen LogP contribution in [0.15, 0.2) is 36.4 Å². The molecule has 1 heterocycles. The van der Waals surface area contributed by atoms with E-state index < -0.39 is 0 Å². The molecule has 2 amide bonds. The Kier molecular flexibility index (Phi) is 7.48. The van der Waals surface area contributed by atoms with Gasteiger partial charge in [-0.05, 0) is 43.7 Å². The Bertz CT molecular complexity index is 817. The van der Waals surface area contributed by atoms with Gasteiger partial charge in [-0.1, -0.05) is 43.5 Å². The van der Waals surface area contributed by atoms with Gasteiger partial charge >= 0.3 is 0 Å². The number of likely N-dealkylation sites (N-methyl/N-ethyl adjacent to an activating group) is 1. The highest BCUT2D eigenvalue weighted by molar-refractivity contribution is 7.16. The Morgan fingerprint density at radius 1 is 1.18 bits per heavy atom. The smallest absolute Gasteiger partial charge is 0.253 e. The zero-order chi connectivity index (χ0) is 19.9. The van der Waals surface area contributed by atoms with E-state index in [0.717, 1.165) is 41.4 Å². The number of thiophene rings is 1. The van der Waals surface area contributed by atoms with Gasteiger partial charge in [0.25, 0.3) is 5.91 Å². The van der Waals surface area contributed by atoms with Crippen LogP contribution in [0.2, 0.25) is 4.34 Å². The summed E-state index contributed by atoms with van der Waals surface area (Å²) < 4.78 is 0.748. The van der Waals surface area contributed by atoms with Crippen LogP contribution in [-0.2, 0) is 11.3 Å². The van der Waals surface area contributed by atoms with Crippen molar-refractivity contribution >= 4 is 40.4 Å². The minimum Gasteiger partial charge on any atom is -0.349 e. The van der Waals surface area contributed by atoms with Gasteiger partial charge in [-0.3, -0.25) is 14.5 Å². The first-order valence-corrected chi connectivity index (χ1v) is 10.9. The van der Waals surface area contributed by atoms with E-state index in [0.29, 0.717) is 17.8 Å². The molecule has 5 nitrogen and oxygen atoms in total. The minimum absolute atomic E-state index is 0.122. The summed E-state index contributed by atoms with van der Waals surface area (Å²) >= 11 is 7.51. The van der Waals surface area contributed by atoms with Crippen LogP contribution >= 0.6 is 22.9 Å². The van der Waals surface area contributed by atoms with E-state index in [9.17, 15) is 9.59 Å². The van der Waals surface area contributed by atoms with Crippen molar-refractivity contribution in [3.8, 4) is 0 Å². The molecule has 7 heteroatoms. The summed E-state index contributed by atoms with van der Waals surface area (Å²) in [5, 5.41) is 5.99. The zero-order valence-corrected chi connectivity index (χ0v) is 17.6. The maximum Gasteiger partial charge on any atom is 0.253 e. The van der Waals surface area contributed by atoms with E-state index in [1.807, 2.05) is 36.1 Å². The Morgan fingerprint density at radius 3 is 2.61 bits per heavy atom. The Morgan fingerprint density at radius 2 is 1.93 bits per heavy atom. The van der Waals surface area contributed by atoms with Crippen LogP contribution in [0.25, 0.3) is 0 Å². The highest BCUT2D eigenvalue weighted by Crippen LogP contribution is 2.23. The van der Waals surface area contributed by atoms with Gasteiger partial charge < -0.3 is 10.6 Å². The number of hydrogen-bond donors (Lipinski definition) is 2. The number of anilines is 1. The maximum absolute atomic E-state index is 12.6. The third-order valence-electron chi connectivity index (χ3n) is 4.96. The van der Waals surface area contributed by atoms with Crippen LogP contribution in [0.3, 0.4) is 0 Å². The molecule has 0 radical (unpaired) electrons. The molecule has 0 bridgehead atoms. The number of rotatable bonds is 8. The number of para-hydroxylation sites is 1. The highest BCUT2D eigenvalue weighted by atomic mass is 35.5. The van der Waals surface area contributed by atoms with Crippen molar-refractivity contribution in [3.63, 3.8) is 0 Å². The molecule has 0 atom stereocenters. The third-order valence-corrected chi connectivity index (χ3v) is 6.17. The normalized spacial score (nSPS) is 14.4. The summed E-state index contributed by atoms with van der Waals surface area (Å²) in [6.07, 6.45) is 4.37. The molecule has 0 unspecified atom stereocenters. The fourth-order valence-corrected chi connectivity index (χ4v) is 4.58. The van der Waals surface area contributed by atoms with E-state index >= 15 is 0 Å². The van der Waals surface area contributed by atoms with Gasteiger partial charge in [0, 0.05) is 17.5 Å². The SMILES string of the molecule is CCN(CC(=O)Nc1ccccc1C(=O)NC1CCCC1)Cc1ccc(Cl)s1. The van der Waals surface area contributed by atoms with Gasteiger partial charge in [0.2, 0.25) is 5.91 Å². The average Bonchev–Trinajstić information content (AvgIpc) is 3.33. The van der Waals surface area contributed by atoms with Crippen LogP contribution in [-0.4, -0.2) is 35.8 Å². The summed E-state index contributed by atoms with van der Waals surface area (Å²) in [7, 11) is 0. The van der Waals surface area contributed by atoms with Gasteiger partial charge in [0.15, 0.2) is 0 Å². The van der Waals surface area contributed by atoms with E-state index in [1.54, 1.807) is 12.1 Å². The zero-order valence-electron chi connectivity index (χ0n) is 16.0. The van der Waals surface area contributed by atoms with Gasteiger partial charge in [-0.2, -0.15) is 0 Å². The number of nitrogens with one attached hydrogen (secondary N) is 2. The topological polar surface area (TPSA) is 61.4 Å². The first kappa shape index (κ1) is 20.8. The van der Waals surface area contributed by atoms with Crippen molar-refractivity contribution in [1.82, 2.24) is 10.2 Å². The number of halogens is 1. The number of carbonyl (C=O) groups is 2. The lowest BCUT2D eigenvalue weighted by molar-refractivity contribution is -0.117. The van der Waals surface area contributed by atoms with Gasteiger partial charge in [-0.15, -0.1) is 11.3 Å². The molecule has 1 aliphatic rings. The fraction of sp³-hybridized carbons (Fsp3) is 0.429. The maximum atomic E-state index is 12.6. The number of nitrogens with zero attached hydrogens (tertiary/aromatic N) is 1. The molecule has 1 aliphatic carbocycles. The molecule has 1 saturated carbocycles. The molecule has 2 N–H and O–H groups in total. The second-order valence-corrected chi connectivity index (χ2v) is 8.86. The molecule has 1 aromatic carbocycles. The van der Waals surface area contributed by atoms with Gasteiger partial charge in [0.05, 0.1) is 22.1 Å². The Balaban J connectivity index is 1.60. The van der Waals surface area contributed by atoms with E-state index in [2.05, 4.69) is 10.6 Å². The molecule has 1 fully saturated rings. The van der Waals surface area contributed by atoms with E-state index in [4.69, 9.17) is 11.6 Å². The second-order valence-electron chi connectivity index (χ2n) is 7.06. The lowest BCUT2D eigenvalue weighted by Gasteiger charge is -2.20. The van der Waals surface area contributed by atoms with Gasteiger partial charge in [-0.25, -0.2) is 0 Å². The van der Waals surface area contributed by atoms with Crippen molar-refractivity contribution in [1.29, 1.82) is 0 Å². The van der Waals surface area contributed by atoms with Crippen LogP contribution in [0.1, 0.15) is 47.8 Å². The lowest BCUT2D eigenvalue weighted by Crippen LogP contribution is -2.35. The molecule has 3 rings (SSSR count). The van der Waals surface area contributed by atoms with Crippen LogP contribution in [0, 0.1) is 0 Å². The predicted octanol–water partition coefficient (Wildman–Crippen LogP) is 4.53. The molecule has 0 spiro atoms.